The van der Waals surface area contributed by atoms with Crippen molar-refractivity contribution < 1.29 is 33.8 Å². The number of aromatic amines is 1. The molecule has 0 amide bonds. The molecule has 2 aromatic rings. The monoisotopic (exact) mass is 404 g/mol. The molecule has 0 unspecified atom stereocenters. The lowest BCUT2D eigenvalue weighted by Crippen LogP contribution is -2.33. The second-order valence-electron chi connectivity index (χ2n) is 5.85. The van der Waals surface area contributed by atoms with Gasteiger partial charge in [0.15, 0.2) is 11.9 Å². The number of rotatable bonds is 5. The quantitative estimate of drug-likeness (QED) is 0.145. The summed E-state index contributed by atoms with van der Waals surface area (Å²) in [5, 5.41) is 27.9. The van der Waals surface area contributed by atoms with E-state index in [1.807, 2.05) is 0 Å². The highest BCUT2D eigenvalue weighted by Gasteiger charge is 2.45. The van der Waals surface area contributed by atoms with E-state index in [9.17, 15) is 19.6 Å². The van der Waals surface area contributed by atoms with Gasteiger partial charge in [-0.25, -0.2) is 4.57 Å². The van der Waals surface area contributed by atoms with E-state index in [0.717, 1.165) is 4.57 Å². The average Bonchev–Trinajstić information content (AvgIpc) is 3.04. The summed E-state index contributed by atoms with van der Waals surface area (Å²) in [4.78, 5) is 35.9. The van der Waals surface area contributed by atoms with E-state index in [2.05, 4.69) is 14.5 Å². The molecule has 0 aliphatic carbocycles. The van der Waals surface area contributed by atoms with Crippen LogP contribution in [0.25, 0.3) is 11.0 Å². The summed E-state index contributed by atoms with van der Waals surface area (Å²) < 4.78 is 21.7. The Bertz CT molecular complexity index is 998. The molecule has 3 rings (SSSR count). The third-order valence-corrected chi connectivity index (χ3v) is 4.49. The van der Waals surface area contributed by atoms with E-state index >= 15 is 0 Å². The van der Waals surface area contributed by atoms with Crippen LogP contribution in [0.3, 0.4) is 0 Å². The van der Waals surface area contributed by atoms with E-state index < -0.39 is 50.4 Å². The Morgan fingerprint density at radius 1 is 1.44 bits per heavy atom. The van der Waals surface area contributed by atoms with Crippen LogP contribution in [0.15, 0.2) is 11.0 Å². The predicted octanol–water partition coefficient (Wildman–Crippen LogP) is -2.68. The summed E-state index contributed by atoms with van der Waals surface area (Å²) in [7, 11) is -4.82. The Morgan fingerprint density at radius 2 is 2.11 bits per heavy atom. The number of hydrogen-bond acceptors (Lipinski definition) is 9. The molecule has 10 N–H and O–H groups in total. The van der Waals surface area contributed by atoms with Crippen LogP contribution in [0.5, 0.6) is 0 Å². The number of anilines is 1. The van der Waals surface area contributed by atoms with Crippen molar-refractivity contribution in [2.45, 2.75) is 24.5 Å². The molecule has 1 aliphatic heterocycles. The molecule has 0 radical (unpaired) electrons. The van der Waals surface area contributed by atoms with Crippen LogP contribution in [0.4, 0.5) is 5.95 Å². The number of nitrogens with one attached hydrogen (secondary N) is 2. The highest BCUT2D eigenvalue weighted by molar-refractivity contribution is 7.46. The summed E-state index contributed by atoms with van der Waals surface area (Å²) >= 11 is 0. The summed E-state index contributed by atoms with van der Waals surface area (Å²) in [6.45, 7) is -0.700. The van der Waals surface area contributed by atoms with Gasteiger partial charge >= 0.3 is 7.82 Å². The Labute approximate surface area is 150 Å². The molecular formula is C12H17N6O8P. The molecule has 1 fully saturated rings. The largest absolute Gasteiger partial charge is 0.469 e. The van der Waals surface area contributed by atoms with Crippen LogP contribution < -0.4 is 17.0 Å². The average molecular weight is 404 g/mol. The van der Waals surface area contributed by atoms with Crippen LogP contribution in [0.1, 0.15) is 11.8 Å². The molecule has 2 aromatic heterocycles. The van der Waals surface area contributed by atoms with Gasteiger partial charge in [-0.2, -0.15) is 4.98 Å². The maximum Gasteiger partial charge on any atom is 0.469 e. The minimum absolute atomic E-state index is 0.000966. The molecule has 0 aromatic carbocycles. The number of nitrogens with zero attached hydrogens (tertiary/aromatic N) is 2. The number of fused-ring (bicyclic) bond motifs is 1. The number of amidine groups is 1. The number of phosphoric ester groups is 1. The molecular weight excluding hydrogens is 387 g/mol. The molecule has 14 nitrogen and oxygen atoms in total. The highest BCUT2D eigenvalue weighted by atomic mass is 31.2. The second kappa shape index (κ2) is 6.69. The normalized spacial score (nSPS) is 25.9. The molecule has 27 heavy (non-hydrogen) atoms. The van der Waals surface area contributed by atoms with Crippen molar-refractivity contribution in [2.75, 3.05) is 12.3 Å². The van der Waals surface area contributed by atoms with Gasteiger partial charge in [0, 0.05) is 11.8 Å². The Kier molecular flexibility index (Phi) is 4.81. The minimum atomic E-state index is -4.82. The standard InChI is InChI=1S/C12H17N6O8P/c13-8(14)3-1-18(9-5(3)10(21)17-12(15)16-9)11-7(20)6(19)4(26-11)2-25-27(22,23)24/h1,4,6-7,11,19-20H,2H2,(H3,13,14)(H2,22,23,24)(H3,15,16,17,21)/t4-,6-,7-,11-/m1/s1. The van der Waals surface area contributed by atoms with Gasteiger partial charge in [-0.15, -0.1) is 0 Å². The smallest absolute Gasteiger partial charge is 0.387 e. The topological polar surface area (TPSA) is 243 Å². The van der Waals surface area contributed by atoms with Gasteiger partial charge in [0.2, 0.25) is 5.95 Å². The van der Waals surface area contributed by atoms with Crippen molar-refractivity contribution in [3.05, 3.63) is 22.1 Å². The minimum Gasteiger partial charge on any atom is -0.387 e. The number of hydrogen-bond donors (Lipinski definition) is 8. The third kappa shape index (κ3) is 3.59. The summed E-state index contributed by atoms with van der Waals surface area (Å²) in [6.07, 6.45) is -4.49. The molecule has 1 aliphatic rings. The molecule has 15 heteroatoms. The number of nitrogens with two attached hydrogens (primary N) is 2. The number of aliphatic hydroxyl groups is 2. The lowest BCUT2D eigenvalue weighted by molar-refractivity contribution is -0.0501. The van der Waals surface area contributed by atoms with Crippen LogP contribution >= 0.6 is 7.82 Å². The Hall–Kier alpha value is -2.32. The van der Waals surface area contributed by atoms with Gasteiger partial charge in [-0.3, -0.25) is 19.7 Å². The van der Waals surface area contributed by atoms with Gasteiger partial charge in [0.05, 0.1) is 12.0 Å². The molecule has 1 saturated heterocycles. The number of phosphoric acid groups is 1. The van der Waals surface area contributed by atoms with E-state index in [1.54, 1.807) is 0 Å². The molecule has 0 spiro atoms. The van der Waals surface area contributed by atoms with Gasteiger partial charge in [-0.05, 0) is 0 Å². The summed E-state index contributed by atoms with van der Waals surface area (Å²) in [5.74, 6) is -0.693. The zero-order valence-corrected chi connectivity index (χ0v) is 14.4. The van der Waals surface area contributed by atoms with Crippen LogP contribution in [0.2, 0.25) is 0 Å². The maximum absolute atomic E-state index is 12.2. The number of aliphatic hydroxyl groups excluding tert-OH is 2. The first kappa shape index (κ1) is 19.4. The third-order valence-electron chi connectivity index (χ3n) is 4.01. The van der Waals surface area contributed by atoms with Crippen molar-refractivity contribution in [1.82, 2.24) is 14.5 Å². The lowest BCUT2D eigenvalue weighted by Gasteiger charge is -2.17. The fourth-order valence-electron chi connectivity index (χ4n) is 2.84. The van der Waals surface area contributed by atoms with Gasteiger partial charge < -0.3 is 40.8 Å². The first-order chi connectivity index (χ1) is 12.5. The van der Waals surface area contributed by atoms with Crippen molar-refractivity contribution in [3.63, 3.8) is 0 Å². The zero-order valence-electron chi connectivity index (χ0n) is 13.5. The first-order valence-corrected chi connectivity index (χ1v) is 8.99. The number of ether oxygens (including phenoxy) is 1. The molecule has 3 heterocycles. The number of H-pyrrole nitrogens is 1. The predicted molar refractivity (Wildman–Crippen MR) is 89.7 cm³/mol. The fourth-order valence-corrected chi connectivity index (χ4v) is 3.18. The first-order valence-electron chi connectivity index (χ1n) is 7.46. The number of nitrogen functional groups attached to an aromatic ring is 2. The maximum atomic E-state index is 12.2. The van der Waals surface area contributed by atoms with Crippen LogP contribution in [-0.2, 0) is 13.8 Å². The van der Waals surface area contributed by atoms with Crippen molar-refractivity contribution in [1.29, 1.82) is 5.41 Å². The highest BCUT2D eigenvalue weighted by Crippen LogP contribution is 2.39. The molecule has 4 atom stereocenters. The van der Waals surface area contributed by atoms with Crippen LogP contribution in [-0.4, -0.2) is 65.3 Å². The Balaban J connectivity index is 2.03. The van der Waals surface area contributed by atoms with Crippen molar-refractivity contribution >= 4 is 30.6 Å². The fraction of sp³-hybridized carbons (Fsp3) is 0.417. The van der Waals surface area contributed by atoms with Crippen molar-refractivity contribution in [2.24, 2.45) is 5.73 Å². The lowest BCUT2D eigenvalue weighted by atomic mass is 10.1. The molecule has 148 valence electrons. The Morgan fingerprint density at radius 3 is 2.70 bits per heavy atom. The SMILES string of the molecule is N=C(N)c1cn([C@@H]2O[C@H](COP(=O)(O)O)[C@@H](O)[C@H]2O)c2nc(N)[nH]c(=O)c12. The number of aromatic nitrogens is 3. The van der Waals surface area contributed by atoms with E-state index in [-0.39, 0.29) is 22.5 Å². The van der Waals surface area contributed by atoms with E-state index in [0.29, 0.717) is 0 Å². The molecule has 0 bridgehead atoms. The van der Waals surface area contributed by atoms with Gasteiger partial charge in [-0.1, -0.05) is 0 Å². The van der Waals surface area contributed by atoms with Crippen molar-refractivity contribution in [3.8, 4) is 0 Å². The van der Waals surface area contributed by atoms with Gasteiger partial charge in [0.25, 0.3) is 5.56 Å². The second-order valence-corrected chi connectivity index (χ2v) is 7.09. The van der Waals surface area contributed by atoms with Crippen LogP contribution in [0, 0.1) is 5.41 Å². The summed E-state index contributed by atoms with van der Waals surface area (Å²) in [5.41, 5.74) is 10.3. The van der Waals surface area contributed by atoms with Gasteiger partial charge in [0.1, 0.15) is 24.1 Å². The zero-order chi connectivity index (χ0) is 20.1. The van der Waals surface area contributed by atoms with E-state index in [4.69, 9.17) is 31.4 Å². The van der Waals surface area contributed by atoms with E-state index in [1.165, 1.54) is 6.20 Å². The molecule has 0 saturated carbocycles. The summed E-state index contributed by atoms with van der Waals surface area (Å²) in [6, 6.07) is 0.